The number of nitrogens with zero attached hydrogens (tertiary/aromatic N) is 1. The Balaban J connectivity index is 1.70. The van der Waals surface area contributed by atoms with Gasteiger partial charge in [0.25, 0.3) is 10.0 Å². The van der Waals surface area contributed by atoms with E-state index in [4.69, 9.17) is 11.6 Å². The van der Waals surface area contributed by atoms with Gasteiger partial charge in [0.2, 0.25) is 5.91 Å². The van der Waals surface area contributed by atoms with E-state index in [0.717, 1.165) is 26.6 Å². The summed E-state index contributed by atoms with van der Waals surface area (Å²) in [6.07, 6.45) is 0. The highest BCUT2D eigenvalue weighted by atomic mass is 35.5. The second-order valence-electron chi connectivity index (χ2n) is 8.58. The number of amides is 1. The van der Waals surface area contributed by atoms with Crippen LogP contribution in [-0.2, 0) is 14.8 Å². The number of anilines is 1. The summed E-state index contributed by atoms with van der Waals surface area (Å²) in [5.74, 6) is -0.444. The molecule has 1 amide bonds. The van der Waals surface area contributed by atoms with Crippen LogP contribution in [0, 0.1) is 13.8 Å². The van der Waals surface area contributed by atoms with Crippen LogP contribution in [0.2, 0.25) is 5.02 Å². The van der Waals surface area contributed by atoms with Crippen LogP contribution in [0.1, 0.15) is 28.3 Å². The number of benzene rings is 4. The Kier molecular flexibility index (Phi) is 7.77. The fourth-order valence-electron chi connectivity index (χ4n) is 3.88. The van der Waals surface area contributed by atoms with Crippen LogP contribution in [0.5, 0.6) is 0 Å². The average molecular weight is 519 g/mol. The van der Waals surface area contributed by atoms with Crippen molar-refractivity contribution in [2.75, 3.05) is 10.8 Å². The predicted octanol–water partition coefficient (Wildman–Crippen LogP) is 6.06. The largest absolute Gasteiger partial charge is 0.344 e. The zero-order valence-electron chi connectivity index (χ0n) is 20.1. The molecule has 0 fully saturated rings. The van der Waals surface area contributed by atoms with Gasteiger partial charge in [0.15, 0.2) is 0 Å². The lowest BCUT2D eigenvalue weighted by atomic mass is 9.99. The SMILES string of the molecule is Cc1ccc(S(=O)(=O)N(CC(=O)NC(c2ccccc2)c2ccccc2)c2ccc(C)c(Cl)c2)cc1. The fraction of sp³-hybridized carbons (Fsp3) is 0.138. The van der Waals surface area contributed by atoms with Crippen molar-refractivity contribution < 1.29 is 13.2 Å². The molecule has 7 heteroatoms. The minimum Gasteiger partial charge on any atom is -0.344 e. The molecule has 1 N–H and O–H groups in total. The number of sulfonamides is 1. The van der Waals surface area contributed by atoms with E-state index < -0.39 is 28.5 Å². The van der Waals surface area contributed by atoms with Crippen LogP contribution in [0.3, 0.4) is 0 Å². The van der Waals surface area contributed by atoms with E-state index in [1.807, 2.05) is 74.5 Å². The monoisotopic (exact) mass is 518 g/mol. The van der Waals surface area contributed by atoms with Crippen molar-refractivity contribution in [3.63, 3.8) is 0 Å². The van der Waals surface area contributed by atoms with Gasteiger partial charge in [-0.1, -0.05) is 96.0 Å². The highest BCUT2D eigenvalue weighted by Gasteiger charge is 2.29. The van der Waals surface area contributed by atoms with E-state index in [2.05, 4.69) is 5.32 Å². The van der Waals surface area contributed by atoms with Gasteiger partial charge in [0, 0.05) is 5.02 Å². The molecule has 0 aliphatic heterocycles. The van der Waals surface area contributed by atoms with Gasteiger partial charge in [-0.05, 0) is 54.8 Å². The first-order chi connectivity index (χ1) is 17.3. The third-order valence-electron chi connectivity index (χ3n) is 5.91. The zero-order chi connectivity index (χ0) is 25.7. The van der Waals surface area contributed by atoms with Gasteiger partial charge in [-0.3, -0.25) is 9.10 Å². The molecule has 4 aromatic carbocycles. The molecule has 5 nitrogen and oxygen atoms in total. The summed E-state index contributed by atoms with van der Waals surface area (Å²) < 4.78 is 28.5. The lowest BCUT2D eigenvalue weighted by Gasteiger charge is -2.26. The van der Waals surface area contributed by atoms with Crippen LogP contribution >= 0.6 is 11.6 Å². The van der Waals surface area contributed by atoms with Crippen LogP contribution in [0.4, 0.5) is 5.69 Å². The number of nitrogens with one attached hydrogen (secondary N) is 1. The molecule has 184 valence electrons. The first-order valence-corrected chi connectivity index (χ1v) is 13.3. The van der Waals surface area contributed by atoms with Crippen molar-refractivity contribution in [3.8, 4) is 0 Å². The van der Waals surface area contributed by atoms with Crippen LogP contribution in [0.25, 0.3) is 0 Å². The van der Waals surface area contributed by atoms with Crippen molar-refractivity contribution in [2.24, 2.45) is 0 Å². The molecule has 36 heavy (non-hydrogen) atoms. The number of carbonyl (C=O) groups excluding carboxylic acids is 1. The molecule has 0 unspecified atom stereocenters. The summed E-state index contributed by atoms with van der Waals surface area (Å²) in [6.45, 7) is 3.31. The maximum atomic E-state index is 13.7. The van der Waals surface area contributed by atoms with Crippen molar-refractivity contribution in [2.45, 2.75) is 24.8 Å². The minimum atomic E-state index is -4.05. The zero-order valence-corrected chi connectivity index (χ0v) is 21.6. The molecule has 0 bridgehead atoms. The molecular weight excluding hydrogens is 492 g/mol. The third kappa shape index (κ3) is 5.78. The van der Waals surface area contributed by atoms with Crippen LogP contribution in [0.15, 0.2) is 108 Å². The lowest BCUT2D eigenvalue weighted by Crippen LogP contribution is -2.42. The van der Waals surface area contributed by atoms with E-state index in [1.54, 1.807) is 42.5 Å². The summed E-state index contributed by atoms with van der Waals surface area (Å²) in [4.78, 5) is 13.5. The standard InChI is InChI=1S/C29H27ClN2O3S/c1-21-13-17-26(18-14-21)36(34,35)32(25-16-15-22(2)27(30)19-25)20-28(33)31-29(23-9-5-3-6-10-23)24-11-7-4-8-12-24/h3-19,29H,20H2,1-2H3,(H,31,33). The second kappa shape index (κ2) is 11.0. The minimum absolute atomic E-state index is 0.0975. The lowest BCUT2D eigenvalue weighted by molar-refractivity contribution is -0.120. The van der Waals surface area contributed by atoms with E-state index in [-0.39, 0.29) is 4.90 Å². The van der Waals surface area contributed by atoms with Gasteiger partial charge in [0.1, 0.15) is 6.54 Å². The number of hydrogen-bond acceptors (Lipinski definition) is 3. The number of hydrogen-bond donors (Lipinski definition) is 1. The highest BCUT2D eigenvalue weighted by molar-refractivity contribution is 7.92. The second-order valence-corrected chi connectivity index (χ2v) is 10.8. The Morgan fingerprint density at radius 2 is 1.39 bits per heavy atom. The molecule has 0 spiro atoms. The van der Waals surface area contributed by atoms with Crippen LogP contribution < -0.4 is 9.62 Å². The average Bonchev–Trinajstić information content (AvgIpc) is 2.89. The molecule has 0 atom stereocenters. The Labute approximate surface area is 217 Å². The van der Waals surface area contributed by atoms with Gasteiger partial charge >= 0.3 is 0 Å². The summed E-state index contributed by atoms with van der Waals surface area (Å²) >= 11 is 6.33. The van der Waals surface area contributed by atoms with Gasteiger partial charge in [-0.25, -0.2) is 8.42 Å². The highest BCUT2D eigenvalue weighted by Crippen LogP contribution is 2.29. The van der Waals surface area contributed by atoms with Crippen LogP contribution in [-0.4, -0.2) is 20.9 Å². The Morgan fingerprint density at radius 1 is 0.833 bits per heavy atom. The Hall–Kier alpha value is -3.61. The number of aryl methyl sites for hydroxylation is 2. The number of carbonyl (C=O) groups is 1. The molecule has 0 aliphatic carbocycles. The predicted molar refractivity (Wildman–Crippen MR) is 145 cm³/mol. The van der Waals surface area contributed by atoms with E-state index in [0.29, 0.717) is 10.7 Å². The molecule has 0 aliphatic rings. The van der Waals surface area contributed by atoms with E-state index >= 15 is 0 Å². The maximum absolute atomic E-state index is 13.7. The number of rotatable bonds is 8. The summed E-state index contributed by atoms with van der Waals surface area (Å²) in [7, 11) is -4.05. The quantitative estimate of drug-likeness (QED) is 0.308. The summed E-state index contributed by atoms with van der Waals surface area (Å²) in [5.41, 5.74) is 3.85. The normalized spacial score (nSPS) is 11.3. The summed E-state index contributed by atoms with van der Waals surface area (Å²) in [6, 6.07) is 30.2. The Morgan fingerprint density at radius 3 is 1.92 bits per heavy atom. The molecule has 0 radical (unpaired) electrons. The molecule has 0 heterocycles. The molecule has 4 rings (SSSR count). The van der Waals surface area contributed by atoms with Crippen molar-refractivity contribution in [3.05, 3.63) is 130 Å². The first-order valence-electron chi connectivity index (χ1n) is 11.5. The molecule has 0 saturated heterocycles. The molecule has 0 aromatic heterocycles. The summed E-state index contributed by atoms with van der Waals surface area (Å²) in [5, 5.41) is 3.45. The molecular formula is C29H27ClN2O3S. The van der Waals surface area contributed by atoms with Crippen molar-refractivity contribution in [1.29, 1.82) is 0 Å². The van der Waals surface area contributed by atoms with Crippen molar-refractivity contribution >= 4 is 33.2 Å². The fourth-order valence-corrected chi connectivity index (χ4v) is 5.46. The van der Waals surface area contributed by atoms with Gasteiger partial charge in [-0.2, -0.15) is 0 Å². The van der Waals surface area contributed by atoms with Crippen molar-refractivity contribution in [1.82, 2.24) is 5.32 Å². The van der Waals surface area contributed by atoms with E-state index in [9.17, 15) is 13.2 Å². The topological polar surface area (TPSA) is 66.5 Å². The van der Waals surface area contributed by atoms with E-state index in [1.165, 1.54) is 0 Å². The maximum Gasteiger partial charge on any atom is 0.264 e. The molecule has 0 saturated carbocycles. The van der Waals surface area contributed by atoms with Gasteiger partial charge in [0.05, 0.1) is 16.6 Å². The Bertz CT molecular complexity index is 1400. The smallest absolute Gasteiger partial charge is 0.264 e. The van der Waals surface area contributed by atoms with Gasteiger partial charge < -0.3 is 5.32 Å². The first kappa shape index (κ1) is 25.5. The molecule has 4 aromatic rings. The van der Waals surface area contributed by atoms with Gasteiger partial charge in [-0.15, -0.1) is 0 Å². The number of halogens is 1. The third-order valence-corrected chi connectivity index (χ3v) is 8.11.